The highest BCUT2D eigenvalue weighted by Crippen LogP contribution is 2.26. The van der Waals surface area contributed by atoms with E-state index in [0.717, 1.165) is 42.9 Å². The highest BCUT2D eigenvalue weighted by atomic mass is 127. The lowest BCUT2D eigenvalue weighted by Crippen LogP contribution is -2.45. The van der Waals surface area contributed by atoms with Gasteiger partial charge in [-0.2, -0.15) is 0 Å². The van der Waals surface area contributed by atoms with Crippen LogP contribution in [0.3, 0.4) is 0 Å². The van der Waals surface area contributed by atoms with Crippen LogP contribution < -0.4 is 10.6 Å². The standard InChI is InChI=1S/C23H33FN6.HI/c1-3-25-23(28-19-10-12-29(16-19)20-6-4-5-7-20)27-15-18-8-9-22(21(24)14-18)30-13-11-26-17(30)2;/h8-9,11,13-14,19-20H,3-7,10,12,15-16H2,1-2H3,(H2,25,27,28);1H. The molecule has 2 aromatic rings. The van der Waals surface area contributed by atoms with Gasteiger partial charge in [0, 0.05) is 44.1 Å². The summed E-state index contributed by atoms with van der Waals surface area (Å²) in [6.07, 6.45) is 10.0. The van der Waals surface area contributed by atoms with E-state index in [0.29, 0.717) is 18.3 Å². The Bertz CT molecular complexity index is 877. The summed E-state index contributed by atoms with van der Waals surface area (Å²) >= 11 is 0. The number of rotatable bonds is 6. The maximum atomic E-state index is 14.7. The monoisotopic (exact) mass is 540 g/mol. The van der Waals surface area contributed by atoms with E-state index in [4.69, 9.17) is 4.99 Å². The lowest BCUT2D eigenvalue weighted by atomic mass is 10.2. The molecule has 0 amide bonds. The van der Waals surface area contributed by atoms with Crippen molar-refractivity contribution in [3.63, 3.8) is 0 Å². The van der Waals surface area contributed by atoms with Gasteiger partial charge in [-0.15, -0.1) is 24.0 Å². The van der Waals surface area contributed by atoms with Crippen LogP contribution >= 0.6 is 24.0 Å². The number of aromatic nitrogens is 2. The van der Waals surface area contributed by atoms with E-state index in [-0.39, 0.29) is 29.8 Å². The summed E-state index contributed by atoms with van der Waals surface area (Å²) in [6, 6.07) is 6.50. The Morgan fingerprint density at radius 1 is 1.26 bits per heavy atom. The minimum absolute atomic E-state index is 0. The van der Waals surface area contributed by atoms with Gasteiger partial charge in [-0.05, 0) is 50.8 Å². The lowest BCUT2D eigenvalue weighted by Gasteiger charge is -2.24. The molecule has 1 aliphatic carbocycles. The number of likely N-dealkylation sites (tertiary alicyclic amines) is 1. The predicted molar refractivity (Wildman–Crippen MR) is 134 cm³/mol. The van der Waals surface area contributed by atoms with Gasteiger partial charge in [-0.1, -0.05) is 18.9 Å². The Labute approximate surface area is 201 Å². The third kappa shape index (κ3) is 5.97. The summed E-state index contributed by atoms with van der Waals surface area (Å²) in [6.45, 7) is 7.43. The number of benzene rings is 1. The zero-order valence-corrected chi connectivity index (χ0v) is 20.8. The number of halogens is 2. The Morgan fingerprint density at radius 2 is 2.06 bits per heavy atom. The van der Waals surface area contributed by atoms with Crippen molar-refractivity contribution in [3.05, 3.63) is 47.8 Å². The number of hydrogen-bond donors (Lipinski definition) is 2. The van der Waals surface area contributed by atoms with Crippen LogP contribution in [0.4, 0.5) is 4.39 Å². The van der Waals surface area contributed by atoms with Gasteiger partial charge in [0.2, 0.25) is 0 Å². The molecule has 1 saturated heterocycles. The van der Waals surface area contributed by atoms with Gasteiger partial charge in [-0.3, -0.25) is 4.90 Å². The molecule has 31 heavy (non-hydrogen) atoms. The molecule has 4 rings (SSSR count). The molecule has 1 atom stereocenters. The maximum absolute atomic E-state index is 14.7. The molecule has 2 N–H and O–H groups in total. The van der Waals surface area contributed by atoms with Crippen LogP contribution in [0, 0.1) is 12.7 Å². The Hall–Kier alpha value is -1.68. The largest absolute Gasteiger partial charge is 0.357 e. The molecule has 2 fully saturated rings. The van der Waals surface area contributed by atoms with Crippen molar-refractivity contribution in [3.8, 4) is 5.69 Å². The first-order chi connectivity index (χ1) is 14.6. The maximum Gasteiger partial charge on any atom is 0.191 e. The zero-order valence-electron chi connectivity index (χ0n) is 18.5. The summed E-state index contributed by atoms with van der Waals surface area (Å²) in [7, 11) is 0. The summed E-state index contributed by atoms with van der Waals surface area (Å²) in [5, 5.41) is 6.92. The smallest absolute Gasteiger partial charge is 0.191 e. The van der Waals surface area contributed by atoms with Crippen LogP contribution in [0.1, 0.15) is 50.4 Å². The van der Waals surface area contributed by atoms with Gasteiger partial charge in [-0.25, -0.2) is 14.4 Å². The number of nitrogens with one attached hydrogen (secondary N) is 2. The highest BCUT2D eigenvalue weighted by molar-refractivity contribution is 14.0. The molecule has 0 spiro atoms. The van der Waals surface area contributed by atoms with Gasteiger partial charge in [0.25, 0.3) is 0 Å². The molecule has 170 valence electrons. The van der Waals surface area contributed by atoms with Crippen molar-refractivity contribution in [1.82, 2.24) is 25.1 Å². The molecule has 0 radical (unpaired) electrons. The van der Waals surface area contributed by atoms with Crippen LogP contribution in [0.5, 0.6) is 0 Å². The molecule has 1 saturated carbocycles. The quantitative estimate of drug-likeness (QED) is 0.331. The first-order valence-electron chi connectivity index (χ1n) is 11.2. The number of aliphatic imine (C=N–C) groups is 1. The number of hydrogen-bond acceptors (Lipinski definition) is 3. The normalized spacial score (nSPS) is 20.1. The van der Waals surface area contributed by atoms with Gasteiger partial charge in [0.05, 0.1) is 12.2 Å². The van der Waals surface area contributed by atoms with Crippen molar-refractivity contribution in [2.75, 3.05) is 19.6 Å². The second kappa shape index (κ2) is 11.3. The number of aryl methyl sites for hydroxylation is 1. The molecular formula is C23H34FIN6. The van der Waals surface area contributed by atoms with E-state index in [1.807, 2.05) is 13.0 Å². The van der Waals surface area contributed by atoms with Crippen molar-refractivity contribution >= 4 is 29.9 Å². The van der Waals surface area contributed by atoms with Gasteiger partial charge in [0.1, 0.15) is 11.6 Å². The van der Waals surface area contributed by atoms with Gasteiger partial charge < -0.3 is 15.2 Å². The Kier molecular flexibility index (Phi) is 8.71. The highest BCUT2D eigenvalue weighted by Gasteiger charge is 2.30. The molecule has 1 unspecified atom stereocenters. The molecule has 1 aliphatic heterocycles. The third-order valence-electron chi connectivity index (χ3n) is 6.26. The molecule has 0 bridgehead atoms. The van der Waals surface area contributed by atoms with E-state index < -0.39 is 0 Å². The first kappa shape index (κ1) is 24.0. The van der Waals surface area contributed by atoms with Crippen molar-refractivity contribution < 1.29 is 4.39 Å². The van der Waals surface area contributed by atoms with Gasteiger partial charge in [0.15, 0.2) is 5.96 Å². The molecule has 2 heterocycles. The minimum atomic E-state index is -0.259. The van der Waals surface area contributed by atoms with E-state index in [9.17, 15) is 4.39 Å². The van der Waals surface area contributed by atoms with Crippen molar-refractivity contribution in [1.29, 1.82) is 0 Å². The minimum Gasteiger partial charge on any atom is -0.357 e. The van der Waals surface area contributed by atoms with E-state index in [1.165, 1.54) is 32.2 Å². The average Bonchev–Trinajstić information content (AvgIpc) is 3.48. The van der Waals surface area contributed by atoms with E-state index in [2.05, 4.69) is 27.4 Å². The summed E-state index contributed by atoms with van der Waals surface area (Å²) in [5.74, 6) is 1.32. The fraction of sp³-hybridized carbons (Fsp3) is 0.565. The Balaban J connectivity index is 0.00000272. The number of nitrogens with zero attached hydrogens (tertiary/aromatic N) is 4. The van der Waals surface area contributed by atoms with E-state index in [1.54, 1.807) is 29.1 Å². The molecule has 1 aromatic heterocycles. The van der Waals surface area contributed by atoms with Gasteiger partial charge >= 0.3 is 0 Å². The fourth-order valence-corrected chi connectivity index (χ4v) is 4.67. The SMILES string of the molecule is CCNC(=NCc1ccc(-n2ccnc2C)c(F)c1)NC1CCN(C2CCCC2)C1.I. The topological polar surface area (TPSA) is 57.5 Å². The second-order valence-electron chi connectivity index (χ2n) is 8.39. The third-order valence-corrected chi connectivity index (χ3v) is 6.26. The first-order valence-corrected chi connectivity index (χ1v) is 11.2. The molecule has 2 aliphatic rings. The lowest BCUT2D eigenvalue weighted by molar-refractivity contribution is 0.242. The van der Waals surface area contributed by atoms with Crippen LogP contribution in [-0.2, 0) is 6.54 Å². The fourth-order valence-electron chi connectivity index (χ4n) is 4.67. The predicted octanol–water partition coefficient (Wildman–Crippen LogP) is 4.01. The summed E-state index contributed by atoms with van der Waals surface area (Å²) in [4.78, 5) is 11.5. The van der Waals surface area contributed by atoms with Crippen LogP contribution in [0.15, 0.2) is 35.6 Å². The number of guanidine groups is 1. The molecule has 8 heteroatoms. The molecule has 1 aromatic carbocycles. The number of imidazole rings is 1. The summed E-state index contributed by atoms with van der Waals surface area (Å²) in [5.41, 5.74) is 1.37. The van der Waals surface area contributed by atoms with E-state index >= 15 is 0 Å². The molecular weight excluding hydrogens is 506 g/mol. The van der Waals surface area contributed by atoms with Crippen LogP contribution in [0.25, 0.3) is 5.69 Å². The average molecular weight is 540 g/mol. The molecule has 6 nitrogen and oxygen atoms in total. The van der Waals surface area contributed by atoms with Crippen LogP contribution in [0.2, 0.25) is 0 Å². The Morgan fingerprint density at radius 3 is 2.74 bits per heavy atom. The summed E-state index contributed by atoms with van der Waals surface area (Å²) < 4.78 is 16.4. The second-order valence-corrected chi connectivity index (χ2v) is 8.39. The van der Waals surface area contributed by atoms with Crippen molar-refractivity contribution in [2.45, 2.75) is 64.6 Å². The van der Waals surface area contributed by atoms with Crippen LogP contribution in [-0.4, -0.2) is 52.1 Å². The van der Waals surface area contributed by atoms with Crippen molar-refractivity contribution in [2.24, 2.45) is 4.99 Å². The zero-order chi connectivity index (χ0) is 20.9.